The number of hydrogen-bond acceptors (Lipinski definition) is 2. The van der Waals surface area contributed by atoms with Crippen LogP contribution in [-0.2, 0) is 4.79 Å². The zero-order valence-electron chi connectivity index (χ0n) is 10.6. The molecule has 0 spiro atoms. The number of amides is 1. The van der Waals surface area contributed by atoms with E-state index in [4.69, 9.17) is 0 Å². The Balaban J connectivity index is 1.70. The van der Waals surface area contributed by atoms with Gasteiger partial charge in [-0.15, -0.1) is 0 Å². The summed E-state index contributed by atoms with van der Waals surface area (Å²) in [4.78, 5) is 11.7. The number of carbonyl (C=O) groups excluding carboxylic acids is 1. The van der Waals surface area contributed by atoms with Gasteiger partial charge >= 0.3 is 0 Å². The molecule has 0 heterocycles. The molecule has 0 bridgehead atoms. The molecule has 2 N–H and O–H groups in total. The Morgan fingerprint density at radius 1 is 1.50 bits per heavy atom. The first-order chi connectivity index (χ1) is 8.69. The van der Waals surface area contributed by atoms with Gasteiger partial charge < -0.3 is 10.6 Å². The van der Waals surface area contributed by atoms with E-state index in [-0.39, 0.29) is 5.91 Å². The van der Waals surface area contributed by atoms with Crippen molar-refractivity contribution >= 4 is 27.5 Å². The molecule has 3 nitrogen and oxygen atoms in total. The Hall–Kier alpha value is -0.870. The molecule has 1 aliphatic carbocycles. The van der Waals surface area contributed by atoms with Crippen LogP contribution in [0.5, 0.6) is 0 Å². The van der Waals surface area contributed by atoms with Crippen LogP contribution in [0.4, 0.5) is 5.69 Å². The van der Waals surface area contributed by atoms with Crippen molar-refractivity contribution < 1.29 is 4.79 Å². The van der Waals surface area contributed by atoms with Crippen LogP contribution < -0.4 is 10.6 Å². The first-order valence-corrected chi connectivity index (χ1v) is 7.27. The molecule has 1 saturated carbocycles. The fraction of sp³-hybridized carbons (Fsp3) is 0.500. The Morgan fingerprint density at radius 3 is 3.06 bits per heavy atom. The van der Waals surface area contributed by atoms with E-state index in [1.807, 2.05) is 24.3 Å². The van der Waals surface area contributed by atoms with Gasteiger partial charge in [-0.05, 0) is 37.0 Å². The molecule has 1 aliphatic rings. The van der Waals surface area contributed by atoms with Gasteiger partial charge in [0, 0.05) is 16.2 Å². The molecule has 1 aromatic rings. The maximum Gasteiger partial charge on any atom is 0.238 e. The Bertz CT molecular complexity index is 422. The third kappa shape index (κ3) is 4.10. The summed E-state index contributed by atoms with van der Waals surface area (Å²) in [5.41, 5.74) is 0.831. The summed E-state index contributed by atoms with van der Waals surface area (Å²) in [5.74, 6) is 0.809. The van der Waals surface area contributed by atoms with Crippen LogP contribution in [0.15, 0.2) is 28.7 Å². The lowest BCUT2D eigenvalue weighted by atomic mass is 10.2. The molecule has 0 aromatic heterocycles. The molecule has 1 aromatic carbocycles. The minimum atomic E-state index is 0.0234. The summed E-state index contributed by atoms with van der Waals surface area (Å²) in [5, 5.41) is 6.18. The summed E-state index contributed by atoms with van der Waals surface area (Å²) in [6.45, 7) is 2.60. The molecule has 98 valence electrons. The van der Waals surface area contributed by atoms with Gasteiger partial charge in [-0.1, -0.05) is 35.3 Å². The average Bonchev–Trinajstić information content (AvgIpc) is 3.06. The van der Waals surface area contributed by atoms with Gasteiger partial charge in [0.1, 0.15) is 0 Å². The molecule has 4 heteroatoms. The highest BCUT2D eigenvalue weighted by Crippen LogP contribution is 2.34. The number of halogens is 1. The highest BCUT2D eigenvalue weighted by Gasteiger charge is 2.35. The maximum atomic E-state index is 11.7. The molecule has 2 atom stereocenters. The largest absolute Gasteiger partial charge is 0.325 e. The average molecular weight is 311 g/mol. The van der Waals surface area contributed by atoms with E-state index in [0.717, 1.165) is 16.1 Å². The Morgan fingerprint density at radius 2 is 2.33 bits per heavy atom. The molecule has 18 heavy (non-hydrogen) atoms. The minimum absolute atomic E-state index is 0.0234. The first kappa shape index (κ1) is 13.6. The molecular weight excluding hydrogens is 292 g/mol. The molecule has 1 fully saturated rings. The molecular formula is C14H19BrN2O. The van der Waals surface area contributed by atoms with Crippen molar-refractivity contribution in [3.05, 3.63) is 28.7 Å². The zero-order chi connectivity index (χ0) is 13.0. The van der Waals surface area contributed by atoms with E-state index in [1.54, 1.807) is 0 Å². The maximum absolute atomic E-state index is 11.7. The summed E-state index contributed by atoms with van der Waals surface area (Å²) in [6.07, 6.45) is 3.72. The van der Waals surface area contributed by atoms with Gasteiger partial charge in [0.2, 0.25) is 5.91 Å². The third-order valence-corrected chi connectivity index (χ3v) is 3.71. The van der Waals surface area contributed by atoms with Crippen LogP contribution in [-0.4, -0.2) is 18.5 Å². The fourth-order valence-electron chi connectivity index (χ4n) is 2.18. The second-order valence-electron chi connectivity index (χ2n) is 4.83. The predicted octanol–water partition coefficient (Wildman–Crippen LogP) is 3.17. The van der Waals surface area contributed by atoms with Crippen molar-refractivity contribution in [1.29, 1.82) is 0 Å². The van der Waals surface area contributed by atoms with Gasteiger partial charge in [-0.3, -0.25) is 4.79 Å². The summed E-state index contributed by atoms with van der Waals surface area (Å²) in [7, 11) is 0. The summed E-state index contributed by atoms with van der Waals surface area (Å²) >= 11 is 3.38. The van der Waals surface area contributed by atoms with Crippen molar-refractivity contribution in [2.24, 2.45) is 5.92 Å². The van der Waals surface area contributed by atoms with Crippen molar-refractivity contribution in [2.45, 2.75) is 32.2 Å². The summed E-state index contributed by atoms with van der Waals surface area (Å²) < 4.78 is 0.971. The smallest absolute Gasteiger partial charge is 0.238 e. The monoisotopic (exact) mass is 310 g/mol. The standard InChI is InChI=1S/C14H19BrN2O/c1-2-4-10-7-13(10)16-9-14(18)17-12-6-3-5-11(15)8-12/h3,5-6,8,10,13,16H,2,4,7,9H2,1H3,(H,17,18). The number of hydrogen-bond donors (Lipinski definition) is 2. The van der Waals surface area contributed by atoms with Gasteiger partial charge in [0.25, 0.3) is 0 Å². The molecule has 1 amide bonds. The SMILES string of the molecule is CCCC1CC1NCC(=O)Nc1cccc(Br)c1. The molecule has 0 aliphatic heterocycles. The molecule has 2 unspecified atom stereocenters. The van der Waals surface area contributed by atoms with Crippen LogP contribution in [0.3, 0.4) is 0 Å². The number of benzene rings is 1. The van der Waals surface area contributed by atoms with Crippen molar-refractivity contribution in [2.75, 3.05) is 11.9 Å². The lowest BCUT2D eigenvalue weighted by Crippen LogP contribution is -2.30. The first-order valence-electron chi connectivity index (χ1n) is 6.48. The van der Waals surface area contributed by atoms with E-state index in [9.17, 15) is 4.79 Å². The van der Waals surface area contributed by atoms with E-state index in [1.165, 1.54) is 19.3 Å². The fourth-order valence-corrected chi connectivity index (χ4v) is 2.58. The highest BCUT2D eigenvalue weighted by atomic mass is 79.9. The van der Waals surface area contributed by atoms with Crippen LogP contribution in [0.1, 0.15) is 26.2 Å². The van der Waals surface area contributed by atoms with Gasteiger partial charge in [-0.2, -0.15) is 0 Å². The lowest BCUT2D eigenvalue weighted by Gasteiger charge is -2.06. The normalized spacial score (nSPS) is 21.7. The number of nitrogens with one attached hydrogen (secondary N) is 2. The van der Waals surface area contributed by atoms with Crippen LogP contribution in [0, 0.1) is 5.92 Å². The van der Waals surface area contributed by atoms with Gasteiger partial charge in [-0.25, -0.2) is 0 Å². The number of carbonyl (C=O) groups is 1. The minimum Gasteiger partial charge on any atom is -0.325 e. The van der Waals surface area contributed by atoms with E-state index in [0.29, 0.717) is 12.6 Å². The van der Waals surface area contributed by atoms with Crippen molar-refractivity contribution in [3.8, 4) is 0 Å². The van der Waals surface area contributed by atoms with E-state index >= 15 is 0 Å². The Labute approximate surface area is 116 Å². The lowest BCUT2D eigenvalue weighted by molar-refractivity contribution is -0.115. The van der Waals surface area contributed by atoms with Crippen LogP contribution >= 0.6 is 15.9 Å². The van der Waals surface area contributed by atoms with Crippen LogP contribution in [0.2, 0.25) is 0 Å². The van der Waals surface area contributed by atoms with Gasteiger partial charge in [0.05, 0.1) is 6.54 Å². The number of rotatable bonds is 6. The van der Waals surface area contributed by atoms with Gasteiger partial charge in [0.15, 0.2) is 0 Å². The molecule has 2 rings (SSSR count). The third-order valence-electron chi connectivity index (χ3n) is 3.22. The highest BCUT2D eigenvalue weighted by molar-refractivity contribution is 9.10. The van der Waals surface area contributed by atoms with Crippen molar-refractivity contribution in [3.63, 3.8) is 0 Å². The molecule has 0 saturated heterocycles. The van der Waals surface area contributed by atoms with Crippen LogP contribution in [0.25, 0.3) is 0 Å². The second-order valence-corrected chi connectivity index (χ2v) is 5.75. The quantitative estimate of drug-likeness (QED) is 0.847. The van der Waals surface area contributed by atoms with Crippen molar-refractivity contribution in [1.82, 2.24) is 5.32 Å². The zero-order valence-corrected chi connectivity index (χ0v) is 12.2. The predicted molar refractivity (Wildman–Crippen MR) is 77.6 cm³/mol. The topological polar surface area (TPSA) is 41.1 Å². The summed E-state index contributed by atoms with van der Waals surface area (Å²) in [6, 6.07) is 8.19. The molecule has 0 radical (unpaired) electrons. The Kier molecular flexibility index (Phi) is 4.78. The number of anilines is 1. The second kappa shape index (κ2) is 6.34. The van der Waals surface area contributed by atoms with E-state index in [2.05, 4.69) is 33.5 Å². The van der Waals surface area contributed by atoms with E-state index < -0.39 is 0 Å².